The normalized spacial score (nSPS) is 41.5. The Hall–Kier alpha value is -3.14. The first-order valence-electron chi connectivity index (χ1n) is 19.8. The molecule has 0 saturated carbocycles. The molecule has 0 aromatic heterocycles. The first-order valence-corrected chi connectivity index (χ1v) is 19.8. The highest BCUT2D eigenvalue weighted by Crippen LogP contribution is 2.42. The zero-order valence-electron chi connectivity index (χ0n) is 34.2. The number of ketones is 1. The number of nitrogens with one attached hydrogen (secondary N) is 1. The van der Waals surface area contributed by atoms with Crippen LogP contribution in [0.5, 0.6) is 0 Å². The molecule has 0 spiro atoms. The van der Waals surface area contributed by atoms with Crippen molar-refractivity contribution in [3.63, 3.8) is 0 Å². The Morgan fingerprint density at radius 1 is 1.04 bits per heavy atom. The molecule has 4 heterocycles. The van der Waals surface area contributed by atoms with Gasteiger partial charge in [-0.25, -0.2) is 4.79 Å². The van der Waals surface area contributed by atoms with Crippen LogP contribution in [0.1, 0.15) is 86.6 Å². The Kier molecular flexibility index (Phi) is 14.1. The predicted molar refractivity (Wildman–Crippen MR) is 203 cm³/mol. The summed E-state index contributed by atoms with van der Waals surface area (Å²) in [7, 11) is 3.82. The highest BCUT2D eigenvalue weighted by molar-refractivity contribution is 5.86. The number of amides is 1. The Bertz CT molecular complexity index is 1510. The van der Waals surface area contributed by atoms with Crippen molar-refractivity contribution in [3.05, 3.63) is 35.9 Å². The van der Waals surface area contributed by atoms with Crippen molar-refractivity contribution in [1.29, 1.82) is 0 Å². The molecule has 1 aromatic rings. The van der Waals surface area contributed by atoms with Crippen LogP contribution < -0.4 is 5.32 Å². The summed E-state index contributed by atoms with van der Waals surface area (Å²) < 4.78 is 38.8. The third kappa shape index (κ3) is 9.53. The van der Waals surface area contributed by atoms with E-state index in [0.29, 0.717) is 25.0 Å². The number of aliphatic hydroxyl groups excluding tert-OH is 1. The molecule has 4 fully saturated rings. The van der Waals surface area contributed by atoms with Gasteiger partial charge in [0.1, 0.15) is 24.6 Å². The van der Waals surface area contributed by atoms with E-state index < -0.39 is 83.7 Å². The molecule has 0 radical (unpaired) electrons. The lowest BCUT2D eigenvalue weighted by Crippen LogP contribution is -2.61. The highest BCUT2D eigenvalue weighted by Gasteiger charge is 2.57. The van der Waals surface area contributed by atoms with Crippen molar-refractivity contribution >= 4 is 23.6 Å². The molecule has 1 aromatic carbocycles. The van der Waals surface area contributed by atoms with Crippen LogP contribution >= 0.6 is 0 Å². The molecule has 4 aliphatic heterocycles. The molecular weight excluding hydrogens is 710 g/mol. The van der Waals surface area contributed by atoms with Gasteiger partial charge in [0.15, 0.2) is 11.9 Å². The summed E-state index contributed by atoms with van der Waals surface area (Å²) in [6.07, 6.45) is -4.01. The van der Waals surface area contributed by atoms with Crippen LogP contribution in [0.25, 0.3) is 0 Å². The van der Waals surface area contributed by atoms with Gasteiger partial charge in [0.05, 0.1) is 54.8 Å². The average Bonchev–Trinajstić information content (AvgIpc) is 3.46. The van der Waals surface area contributed by atoms with E-state index in [1.54, 1.807) is 20.8 Å². The number of carbonyl (C=O) groups is 3. The van der Waals surface area contributed by atoms with Crippen molar-refractivity contribution in [3.8, 4) is 0 Å². The summed E-state index contributed by atoms with van der Waals surface area (Å²) >= 11 is 0. The van der Waals surface area contributed by atoms with Crippen LogP contribution in [0, 0.1) is 23.7 Å². The Morgan fingerprint density at radius 2 is 1.75 bits per heavy atom. The number of esters is 1. The number of rotatable bonds is 7. The van der Waals surface area contributed by atoms with Gasteiger partial charge in [-0.05, 0) is 66.6 Å². The minimum absolute atomic E-state index is 0.0292. The van der Waals surface area contributed by atoms with E-state index >= 15 is 0 Å². The Balaban J connectivity index is 1.58. The summed E-state index contributed by atoms with van der Waals surface area (Å²) in [6.45, 7) is 15.2. The number of hydrogen-bond donors (Lipinski definition) is 2. The van der Waals surface area contributed by atoms with Crippen molar-refractivity contribution in [2.45, 2.75) is 148 Å². The largest absolute Gasteiger partial charge is 0.458 e. The quantitative estimate of drug-likeness (QED) is 0.292. The fraction of sp³-hybridized carbons (Fsp3) is 0.756. The van der Waals surface area contributed by atoms with Crippen LogP contribution in [-0.2, 0) is 49.5 Å². The van der Waals surface area contributed by atoms with E-state index in [0.717, 1.165) is 5.56 Å². The number of oxime groups is 1. The number of hydrogen-bond acceptors (Lipinski definition) is 13. The maximum absolute atomic E-state index is 14.4. The average molecular weight is 774 g/mol. The Morgan fingerprint density at radius 3 is 2.42 bits per heavy atom. The van der Waals surface area contributed by atoms with Gasteiger partial charge in [0.2, 0.25) is 0 Å². The van der Waals surface area contributed by atoms with Crippen LogP contribution in [0.15, 0.2) is 35.5 Å². The maximum Gasteiger partial charge on any atom is 0.408 e. The summed E-state index contributed by atoms with van der Waals surface area (Å²) in [5, 5.41) is 18.9. The van der Waals surface area contributed by atoms with Crippen LogP contribution in [0.4, 0.5) is 4.79 Å². The fourth-order valence-corrected chi connectivity index (χ4v) is 9.07. The zero-order chi connectivity index (χ0) is 40.2. The number of alkyl carbamates (subject to hydrolysis) is 1. The van der Waals surface area contributed by atoms with Crippen molar-refractivity contribution < 1.29 is 52.7 Å². The second-order valence-corrected chi connectivity index (χ2v) is 16.7. The lowest BCUT2D eigenvalue weighted by atomic mass is 9.73. The van der Waals surface area contributed by atoms with Crippen LogP contribution in [0.2, 0.25) is 0 Å². The standard InChI is InChI=1S/C41H63N3O11/c1-11-31-41(8)35(42-39(48)55-41)25(4)32(45)23(2)20-40(7)36(54-38-33(46)30(44(9)10)19-24(3)52-38)26(5)34(27(6)37(47)53-31)49-22-29(17-18-50-40)43-51-21-28-15-13-12-14-16-28/h12-16,23-27,30-31,33-36,38,46H,11,17-22H2,1-10H3,(H,42,48)/b43-29-/t23-,24-,25+,26+,27-,30+,31-,33-,34+,35-,36-,38+,40-,41-/m1/s1. The molecule has 4 aliphatic rings. The highest BCUT2D eigenvalue weighted by atomic mass is 16.7. The second-order valence-electron chi connectivity index (χ2n) is 16.7. The van der Waals surface area contributed by atoms with Gasteiger partial charge in [0, 0.05) is 30.2 Å². The van der Waals surface area contributed by atoms with Crippen molar-refractivity contribution in [2.75, 3.05) is 27.3 Å². The topological polar surface area (TPSA) is 164 Å². The van der Waals surface area contributed by atoms with Gasteiger partial charge in [-0.15, -0.1) is 0 Å². The lowest BCUT2D eigenvalue weighted by Gasteiger charge is -2.49. The monoisotopic (exact) mass is 773 g/mol. The van der Waals surface area contributed by atoms with Gasteiger partial charge in [-0.2, -0.15) is 0 Å². The number of likely N-dealkylation sites (N-methyl/N-ethyl adjacent to an activating group) is 1. The minimum atomic E-state index is -1.32. The van der Waals surface area contributed by atoms with E-state index in [1.165, 1.54) is 0 Å². The molecule has 14 atom stereocenters. The predicted octanol–water partition coefficient (Wildman–Crippen LogP) is 4.64. The molecule has 2 bridgehead atoms. The van der Waals surface area contributed by atoms with Gasteiger partial charge >= 0.3 is 12.1 Å². The van der Waals surface area contributed by atoms with Crippen molar-refractivity contribution in [2.24, 2.45) is 28.8 Å². The number of cyclic esters (lactones) is 1. The van der Waals surface area contributed by atoms with E-state index in [2.05, 4.69) is 10.5 Å². The molecule has 4 saturated heterocycles. The van der Waals surface area contributed by atoms with Crippen LogP contribution in [-0.4, -0.2) is 121 Å². The van der Waals surface area contributed by atoms with Crippen LogP contribution in [0.3, 0.4) is 0 Å². The molecule has 14 nitrogen and oxygen atoms in total. The number of fused-ring (bicyclic) bond motifs is 4. The number of carbonyl (C=O) groups excluding carboxylic acids is 3. The third-order valence-corrected chi connectivity index (χ3v) is 12.2. The summed E-state index contributed by atoms with van der Waals surface area (Å²) in [5.74, 6) is -3.42. The van der Waals surface area contributed by atoms with E-state index in [4.69, 9.17) is 33.3 Å². The number of ether oxygens (including phenoxy) is 6. The molecule has 0 aliphatic carbocycles. The van der Waals surface area contributed by atoms with Gasteiger partial charge in [-0.1, -0.05) is 63.2 Å². The van der Waals surface area contributed by atoms with Gasteiger partial charge in [0.25, 0.3) is 0 Å². The van der Waals surface area contributed by atoms with E-state index in [1.807, 2.05) is 83.9 Å². The molecule has 2 N–H and O–H groups in total. The lowest BCUT2D eigenvalue weighted by molar-refractivity contribution is -0.304. The number of Topliss-reactive ketones (excluding diaryl/α,β-unsaturated/α-hetero) is 1. The zero-order valence-corrected chi connectivity index (χ0v) is 34.2. The van der Waals surface area contributed by atoms with E-state index in [9.17, 15) is 19.5 Å². The van der Waals surface area contributed by atoms with Gasteiger partial charge < -0.3 is 48.6 Å². The molecule has 0 unspecified atom stereocenters. The molecule has 14 heteroatoms. The Labute approximate surface area is 325 Å². The fourth-order valence-electron chi connectivity index (χ4n) is 9.07. The number of aliphatic hydroxyl groups is 1. The molecule has 1 amide bonds. The van der Waals surface area contributed by atoms with E-state index in [-0.39, 0.29) is 44.2 Å². The number of benzene rings is 1. The first kappa shape index (κ1) is 43.0. The summed E-state index contributed by atoms with van der Waals surface area (Å²) in [6, 6.07) is 8.69. The van der Waals surface area contributed by atoms with Gasteiger partial charge in [-0.3, -0.25) is 9.59 Å². The molecule has 5 rings (SSSR count). The van der Waals surface area contributed by atoms with Crippen molar-refractivity contribution in [1.82, 2.24) is 10.2 Å². The maximum atomic E-state index is 14.4. The molecule has 308 valence electrons. The third-order valence-electron chi connectivity index (χ3n) is 12.2. The number of nitrogens with zero attached hydrogens (tertiary/aromatic N) is 2. The first-order chi connectivity index (χ1) is 26.0. The smallest absolute Gasteiger partial charge is 0.408 e. The summed E-state index contributed by atoms with van der Waals surface area (Å²) in [5.41, 5.74) is -0.966. The summed E-state index contributed by atoms with van der Waals surface area (Å²) in [4.78, 5) is 49.3. The second kappa shape index (κ2) is 18.0. The SMILES string of the molecule is CC[C@H]1OC(=O)[C@H](C)[C@H]2OC/C(=N\OCc3ccccc3)CCO[C@](C)(C[C@@H](C)C(=O)[C@H](C)[C@H]3NC(=O)O[C@@]31C)[C@H](O[C@@H]1O[C@H](C)C[C@H](N(C)C)[C@H]1O)[C@H]2C. The molecular formula is C41H63N3O11. The molecule has 55 heavy (non-hydrogen) atoms. The minimum Gasteiger partial charge on any atom is -0.458 e.